The average molecular weight is 338 g/mol. The van der Waals surface area contributed by atoms with E-state index in [4.69, 9.17) is 4.52 Å². The number of carbonyl (C=O) groups is 1. The lowest BCUT2D eigenvalue weighted by atomic mass is 9.96. The van der Waals surface area contributed by atoms with Gasteiger partial charge in [-0.3, -0.25) is 4.79 Å². The smallest absolute Gasteiger partial charge is 0.227 e. The first kappa shape index (κ1) is 15.9. The molecule has 1 atom stereocenters. The third kappa shape index (κ3) is 3.04. The van der Waals surface area contributed by atoms with Crippen molar-refractivity contribution in [1.29, 1.82) is 0 Å². The Labute approximate surface area is 146 Å². The maximum atomic E-state index is 12.9. The van der Waals surface area contributed by atoms with E-state index in [1.165, 1.54) is 0 Å². The van der Waals surface area contributed by atoms with Crippen LogP contribution in [0.3, 0.4) is 0 Å². The van der Waals surface area contributed by atoms with Crippen LogP contribution in [0.15, 0.2) is 28.8 Å². The second-order valence-corrected chi connectivity index (χ2v) is 6.80. The number of H-pyrrole nitrogens is 1. The van der Waals surface area contributed by atoms with Crippen molar-refractivity contribution in [1.82, 2.24) is 20.0 Å². The molecule has 4 rings (SSSR count). The van der Waals surface area contributed by atoms with Gasteiger partial charge in [0, 0.05) is 42.5 Å². The van der Waals surface area contributed by atoms with Gasteiger partial charge in [0.2, 0.25) is 11.8 Å². The molecule has 0 aliphatic carbocycles. The summed E-state index contributed by atoms with van der Waals surface area (Å²) in [7, 11) is 0. The van der Waals surface area contributed by atoms with E-state index in [2.05, 4.69) is 21.2 Å². The number of likely N-dealkylation sites (tertiary alicyclic amines) is 1. The van der Waals surface area contributed by atoms with E-state index in [1.807, 2.05) is 30.0 Å². The molecule has 1 saturated heterocycles. The summed E-state index contributed by atoms with van der Waals surface area (Å²) < 4.78 is 5.09. The Hall–Kier alpha value is -2.63. The Kier molecular flexibility index (Phi) is 4.03. The molecule has 25 heavy (non-hydrogen) atoms. The lowest BCUT2D eigenvalue weighted by Crippen LogP contribution is -2.40. The molecule has 1 aliphatic heterocycles. The van der Waals surface area contributed by atoms with Gasteiger partial charge in [0.05, 0.1) is 6.42 Å². The van der Waals surface area contributed by atoms with Crippen LogP contribution in [0.1, 0.15) is 41.7 Å². The fourth-order valence-electron chi connectivity index (χ4n) is 3.72. The van der Waals surface area contributed by atoms with Crippen LogP contribution in [-0.4, -0.2) is 39.0 Å². The first-order valence-corrected chi connectivity index (χ1v) is 8.76. The van der Waals surface area contributed by atoms with Gasteiger partial charge in [-0.1, -0.05) is 23.4 Å². The van der Waals surface area contributed by atoms with Gasteiger partial charge < -0.3 is 14.4 Å². The van der Waals surface area contributed by atoms with Gasteiger partial charge in [0.15, 0.2) is 5.82 Å². The summed E-state index contributed by atoms with van der Waals surface area (Å²) >= 11 is 0. The highest BCUT2D eigenvalue weighted by Crippen LogP contribution is 2.27. The van der Waals surface area contributed by atoms with Crippen molar-refractivity contribution in [2.24, 2.45) is 0 Å². The van der Waals surface area contributed by atoms with Crippen molar-refractivity contribution in [2.75, 3.05) is 13.1 Å². The topological polar surface area (TPSA) is 75.0 Å². The lowest BCUT2D eigenvalue weighted by Gasteiger charge is -2.31. The fourth-order valence-corrected chi connectivity index (χ4v) is 3.72. The molecule has 1 unspecified atom stereocenters. The third-order valence-corrected chi connectivity index (χ3v) is 5.04. The molecule has 6 heteroatoms. The van der Waals surface area contributed by atoms with E-state index >= 15 is 0 Å². The van der Waals surface area contributed by atoms with Gasteiger partial charge in [0.1, 0.15) is 0 Å². The maximum absolute atomic E-state index is 12.9. The molecular weight excluding hydrogens is 316 g/mol. The monoisotopic (exact) mass is 338 g/mol. The standard InChI is InChI=1S/C19H22N4O2/c1-12-16(15-7-3-4-8-17(15)20-12)10-18(24)23-9-5-6-14(11-23)19-21-13(2)25-22-19/h3-4,7-8,14,20H,5-6,9-11H2,1-2H3. The number of nitrogens with zero attached hydrogens (tertiary/aromatic N) is 3. The van der Waals surface area contributed by atoms with Crippen LogP contribution in [0, 0.1) is 13.8 Å². The predicted molar refractivity (Wildman–Crippen MR) is 94.3 cm³/mol. The van der Waals surface area contributed by atoms with Gasteiger partial charge in [0.25, 0.3) is 0 Å². The highest BCUT2D eigenvalue weighted by Gasteiger charge is 2.28. The molecule has 0 saturated carbocycles. The molecule has 3 aromatic rings. The molecule has 1 aliphatic rings. The molecule has 1 fully saturated rings. The van der Waals surface area contributed by atoms with Crippen molar-refractivity contribution in [3.8, 4) is 0 Å². The summed E-state index contributed by atoms with van der Waals surface area (Å²) in [5.41, 5.74) is 3.25. The number of rotatable bonds is 3. The average Bonchev–Trinajstić information content (AvgIpc) is 3.19. The molecule has 1 aromatic carbocycles. The number of nitrogens with one attached hydrogen (secondary N) is 1. The number of piperidine rings is 1. The van der Waals surface area contributed by atoms with Crippen LogP contribution in [0.5, 0.6) is 0 Å². The zero-order chi connectivity index (χ0) is 17.4. The number of hydrogen-bond donors (Lipinski definition) is 1. The highest BCUT2D eigenvalue weighted by atomic mass is 16.5. The number of aromatic nitrogens is 3. The van der Waals surface area contributed by atoms with Crippen LogP contribution >= 0.6 is 0 Å². The van der Waals surface area contributed by atoms with Crippen LogP contribution in [0.4, 0.5) is 0 Å². The number of para-hydroxylation sites is 1. The molecule has 3 heterocycles. The minimum atomic E-state index is 0.165. The predicted octanol–water partition coefficient (Wildman–Crippen LogP) is 3.12. The summed E-state index contributed by atoms with van der Waals surface area (Å²) in [5, 5.41) is 5.17. The van der Waals surface area contributed by atoms with Crippen LogP contribution in [0.2, 0.25) is 0 Å². The van der Waals surface area contributed by atoms with Gasteiger partial charge in [-0.15, -0.1) is 0 Å². The summed E-state index contributed by atoms with van der Waals surface area (Å²) in [5.74, 6) is 1.63. The van der Waals surface area contributed by atoms with Crippen molar-refractivity contribution in [3.63, 3.8) is 0 Å². The molecule has 2 aromatic heterocycles. The van der Waals surface area contributed by atoms with E-state index in [1.54, 1.807) is 6.92 Å². The number of fused-ring (bicyclic) bond motifs is 1. The molecular formula is C19H22N4O2. The fraction of sp³-hybridized carbons (Fsp3) is 0.421. The van der Waals surface area contributed by atoms with E-state index in [0.717, 1.165) is 47.4 Å². The molecule has 0 radical (unpaired) electrons. The van der Waals surface area contributed by atoms with Crippen LogP contribution in [-0.2, 0) is 11.2 Å². The SMILES string of the molecule is Cc1nc(C2CCCN(C(=O)Cc3c(C)[nH]c4ccccc34)C2)no1. The Morgan fingerprint density at radius 3 is 3.00 bits per heavy atom. The number of benzene rings is 1. The van der Waals surface area contributed by atoms with Crippen molar-refractivity contribution in [3.05, 3.63) is 47.2 Å². The minimum Gasteiger partial charge on any atom is -0.358 e. The van der Waals surface area contributed by atoms with E-state index in [0.29, 0.717) is 18.9 Å². The number of aromatic amines is 1. The Balaban J connectivity index is 1.51. The second kappa shape index (κ2) is 6.35. The van der Waals surface area contributed by atoms with Crippen LogP contribution < -0.4 is 0 Å². The molecule has 0 bridgehead atoms. The summed E-state index contributed by atoms with van der Waals surface area (Å²) in [6.07, 6.45) is 2.39. The van der Waals surface area contributed by atoms with Crippen LogP contribution in [0.25, 0.3) is 10.9 Å². The first-order valence-electron chi connectivity index (χ1n) is 8.76. The highest BCUT2D eigenvalue weighted by molar-refractivity contribution is 5.90. The summed E-state index contributed by atoms with van der Waals surface area (Å²) in [4.78, 5) is 22.5. The zero-order valence-corrected chi connectivity index (χ0v) is 14.6. The first-order chi connectivity index (χ1) is 12.1. The van der Waals surface area contributed by atoms with E-state index < -0.39 is 0 Å². The lowest BCUT2D eigenvalue weighted by molar-refractivity contribution is -0.131. The molecule has 130 valence electrons. The number of hydrogen-bond acceptors (Lipinski definition) is 4. The third-order valence-electron chi connectivity index (χ3n) is 5.04. The van der Waals surface area contributed by atoms with Gasteiger partial charge in [-0.05, 0) is 31.4 Å². The maximum Gasteiger partial charge on any atom is 0.227 e. The Morgan fingerprint density at radius 2 is 2.20 bits per heavy atom. The number of carbonyl (C=O) groups excluding carboxylic acids is 1. The summed E-state index contributed by atoms with van der Waals surface area (Å²) in [6.45, 7) is 5.29. The number of amides is 1. The van der Waals surface area contributed by atoms with E-state index in [-0.39, 0.29) is 11.8 Å². The largest absolute Gasteiger partial charge is 0.358 e. The Bertz CT molecular complexity index is 911. The summed E-state index contributed by atoms with van der Waals surface area (Å²) in [6, 6.07) is 8.14. The molecule has 6 nitrogen and oxygen atoms in total. The van der Waals surface area contributed by atoms with Gasteiger partial charge >= 0.3 is 0 Å². The molecule has 1 N–H and O–H groups in total. The van der Waals surface area contributed by atoms with Gasteiger partial charge in [-0.2, -0.15) is 4.98 Å². The van der Waals surface area contributed by atoms with Crippen molar-refractivity contribution in [2.45, 2.75) is 39.0 Å². The van der Waals surface area contributed by atoms with E-state index in [9.17, 15) is 4.79 Å². The zero-order valence-electron chi connectivity index (χ0n) is 14.6. The molecule has 0 spiro atoms. The quantitative estimate of drug-likeness (QED) is 0.796. The minimum absolute atomic E-state index is 0.165. The Morgan fingerprint density at radius 1 is 1.36 bits per heavy atom. The number of aryl methyl sites for hydroxylation is 2. The molecule has 1 amide bonds. The second-order valence-electron chi connectivity index (χ2n) is 6.80. The normalized spacial score (nSPS) is 18.0. The van der Waals surface area contributed by atoms with Gasteiger partial charge in [-0.25, -0.2) is 0 Å². The van der Waals surface area contributed by atoms with Crippen molar-refractivity contribution < 1.29 is 9.32 Å². The van der Waals surface area contributed by atoms with Crippen molar-refractivity contribution >= 4 is 16.8 Å².